The smallest absolute Gasteiger partial charge is 0.254 e. The third-order valence-electron chi connectivity index (χ3n) is 6.23. The Kier molecular flexibility index (Phi) is 8.10. The van der Waals surface area contributed by atoms with Crippen molar-refractivity contribution in [3.8, 4) is 11.1 Å². The Morgan fingerprint density at radius 3 is 2.22 bits per heavy atom. The van der Waals surface area contributed by atoms with E-state index in [0.717, 1.165) is 11.1 Å². The van der Waals surface area contributed by atoms with E-state index in [2.05, 4.69) is 10.5 Å². The molecule has 36 heavy (non-hydrogen) atoms. The Labute approximate surface area is 209 Å². The van der Waals surface area contributed by atoms with Crippen molar-refractivity contribution in [2.45, 2.75) is 24.6 Å². The maximum absolute atomic E-state index is 13.4. The Morgan fingerprint density at radius 2 is 1.61 bits per heavy atom. The van der Waals surface area contributed by atoms with Gasteiger partial charge in [0.2, 0.25) is 5.91 Å². The maximum atomic E-state index is 13.4. The summed E-state index contributed by atoms with van der Waals surface area (Å²) in [6.45, 7) is -0.335. The molecular weight excluding hydrogens is 458 g/mol. The van der Waals surface area contributed by atoms with Crippen molar-refractivity contribution in [3.05, 3.63) is 96.1 Å². The predicted octanol–water partition coefficient (Wildman–Crippen LogP) is 2.78. The van der Waals surface area contributed by atoms with E-state index in [1.807, 2.05) is 48.5 Å². The number of aliphatic hydroxyl groups is 2. The SMILES string of the molecule is CON=C1C[C@@H](C(=O)N[C@@H](CO)[C@@H](O)c2ccccc2)N(C(=O)c2ccc(-c3ccccc3)cc2)C1. The summed E-state index contributed by atoms with van der Waals surface area (Å²) in [5.74, 6) is -0.806. The van der Waals surface area contributed by atoms with Crippen LogP contribution in [-0.4, -0.2) is 65.0 Å². The molecule has 0 aromatic heterocycles. The fraction of sp³-hybridized carbons (Fsp3) is 0.250. The number of carbonyl (C=O) groups excluding carboxylic acids is 2. The van der Waals surface area contributed by atoms with Crippen molar-refractivity contribution in [2.24, 2.45) is 5.16 Å². The van der Waals surface area contributed by atoms with Crippen molar-refractivity contribution in [1.29, 1.82) is 0 Å². The van der Waals surface area contributed by atoms with Crippen LogP contribution in [0.5, 0.6) is 0 Å². The molecule has 1 aliphatic heterocycles. The van der Waals surface area contributed by atoms with E-state index in [-0.39, 0.29) is 18.9 Å². The number of hydrogen-bond donors (Lipinski definition) is 3. The van der Waals surface area contributed by atoms with Gasteiger partial charge in [0, 0.05) is 12.0 Å². The van der Waals surface area contributed by atoms with Gasteiger partial charge >= 0.3 is 0 Å². The van der Waals surface area contributed by atoms with Crippen molar-refractivity contribution >= 4 is 17.5 Å². The van der Waals surface area contributed by atoms with Crippen LogP contribution in [0, 0.1) is 0 Å². The molecule has 0 bridgehead atoms. The van der Waals surface area contributed by atoms with Crippen molar-refractivity contribution < 1.29 is 24.6 Å². The van der Waals surface area contributed by atoms with Gasteiger partial charge < -0.3 is 25.3 Å². The maximum Gasteiger partial charge on any atom is 0.254 e. The standard InChI is InChI=1S/C28H29N3O5/c1-36-30-23-16-25(27(34)29-24(18-32)26(33)21-10-6-3-7-11-21)31(17-23)28(35)22-14-12-20(13-15-22)19-8-4-2-5-9-19/h2-15,24-26,32-33H,16-18H2,1H3,(H,29,34)/t24-,25-,26-/m0/s1. The number of nitrogens with one attached hydrogen (secondary N) is 1. The second-order valence-electron chi connectivity index (χ2n) is 8.59. The zero-order chi connectivity index (χ0) is 25.5. The van der Waals surface area contributed by atoms with Crippen LogP contribution in [0.3, 0.4) is 0 Å². The third kappa shape index (κ3) is 5.62. The van der Waals surface area contributed by atoms with Gasteiger partial charge in [-0.2, -0.15) is 0 Å². The minimum Gasteiger partial charge on any atom is -0.399 e. The van der Waals surface area contributed by atoms with E-state index in [4.69, 9.17) is 4.84 Å². The van der Waals surface area contributed by atoms with E-state index >= 15 is 0 Å². The van der Waals surface area contributed by atoms with Gasteiger partial charge in [-0.1, -0.05) is 78.0 Å². The summed E-state index contributed by atoms with van der Waals surface area (Å²) in [5, 5.41) is 27.2. The van der Waals surface area contributed by atoms with Gasteiger partial charge in [0.15, 0.2) is 0 Å². The number of aliphatic hydroxyl groups excluding tert-OH is 2. The Hall–Kier alpha value is -4.01. The van der Waals surface area contributed by atoms with Crippen LogP contribution in [0.4, 0.5) is 0 Å². The van der Waals surface area contributed by atoms with Gasteiger partial charge in [0.1, 0.15) is 19.3 Å². The first-order valence-corrected chi connectivity index (χ1v) is 11.7. The summed E-state index contributed by atoms with van der Waals surface area (Å²) >= 11 is 0. The fourth-order valence-electron chi connectivity index (χ4n) is 4.34. The Morgan fingerprint density at radius 1 is 1.00 bits per heavy atom. The molecule has 3 aromatic rings. The number of amides is 2. The van der Waals surface area contributed by atoms with E-state index in [1.54, 1.807) is 36.4 Å². The van der Waals surface area contributed by atoms with Crippen LogP contribution in [0.15, 0.2) is 90.1 Å². The van der Waals surface area contributed by atoms with E-state index in [1.165, 1.54) is 12.0 Å². The van der Waals surface area contributed by atoms with Gasteiger partial charge in [0.25, 0.3) is 5.91 Å². The van der Waals surface area contributed by atoms with Crippen LogP contribution in [0.2, 0.25) is 0 Å². The summed E-state index contributed by atoms with van der Waals surface area (Å²) in [5.41, 5.74) is 3.57. The molecule has 1 saturated heterocycles. The van der Waals surface area contributed by atoms with Crippen LogP contribution in [0.1, 0.15) is 28.4 Å². The van der Waals surface area contributed by atoms with E-state index in [0.29, 0.717) is 16.8 Å². The van der Waals surface area contributed by atoms with Gasteiger partial charge in [-0.05, 0) is 28.8 Å². The van der Waals surface area contributed by atoms with Gasteiger partial charge in [-0.3, -0.25) is 9.59 Å². The second-order valence-corrected chi connectivity index (χ2v) is 8.59. The molecule has 1 aliphatic rings. The highest BCUT2D eigenvalue weighted by Crippen LogP contribution is 2.24. The van der Waals surface area contributed by atoms with Crippen molar-refractivity contribution in [1.82, 2.24) is 10.2 Å². The quantitative estimate of drug-likeness (QED) is 0.423. The van der Waals surface area contributed by atoms with Crippen molar-refractivity contribution in [3.63, 3.8) is 0 Å². The van der Waals surface area contributed by atoms with Crippen LogP contribution in [0.25, 0.3) is 11.1 Å². The number of likely N-dealkylation sites (tertiary alicyclic amines) is 1. The van der Waals surface area contributed by atoms with Gasteiger partial charge in [-0.15, -0.1) is 0 Å². The molecule has 0 saturated carbocycles. The molecule has 0 aliphatic carbocycles. The number of carbonyl (C=O) groups is 2. The monoisotopic (exact) mass is 487 g/mol. The normalized spacial score (nSPS) is 18.0. The molecule has 0 radical (unpaired) electrons. The van der Waals surface area contributed by atoms with Crippen LogP contribution in [-0.2, 0) is 9.63 Å². The molecule has 0 unspecified atom stereocenters. The highest BCUT2D eigenvalue weighted by molar-refractivity contribution is 6.05. The first-order chi connectivity index (χ1) is 17.5. The minimum absolute atomic E-state index is 0.135. The zero-order valence-electron chi connectivity index (χ0n) is 19.9. The van der Waals surface area contributed by atoms with E-state index in [9.17, 15) is 19.8 Å². The predicted molar refractivity (Wildman–Crippen MR) is 136 cm³/mol. The lowest BCUT2D eigenvalue weighted by molar-refractivity contribution is -0.126. The summed E-state index contributed by atoms with van der Waals surface area (Å²) in [7, 11) is 1.41. The molecular formula is C28H29N3O5. The molecule has 8 heteroatoms. The summed E-state index contributed by atoms with van der Waals surface area (Å²) < 4.78 is 0. The van der Waals surface area contributed by atoms with Crippen LogP contribution >= 0.6 is 0 Å². The molecule has 3 atom stereocenters. The lowest BCUT2D eigenvalue weighted by atomic mass is 10.0. The Bertz CT molecular complexity index is 1200. The average Bonchev–Trinajstić information content (AvgIpc) is 3.36. The molecule has 3 aromatic carbocycles. The summed E-state index contributed by atoms with van der Waals surface area (Å²) in [6, 6.07) is 24.0. The molecule has 1 heterocycles. The van der Waals surface area contributed by atoms with Gasteiger partial charge in [0.05, 0.1) is 24.9 Å². The average molecular weight is 488 g/mol. The first-order valence-electron chi connectivity index (χ1n) is 11.7. The second kappa shape index (κ2) is 11.6. The Balaban J connectivity index is 1.52. The molecule has 186 valence electrons. The van der Waals surface area contributed by atoms with Gasteiger partial charge in [-0.25, -0.2) is 0 Å². The number of hydrogen-bond acceptors (Lipinski definition) is 6. The van der Waals surface area contributed by atoms with Crippen LogP contribution < -0.4 is 5.32 Å². The molecule has 1 fully saturated rings. The fourth-order valence-corrected chi connectivity index (χ4v) is 4.34. The number of rotatable bonds is 8. The number of nitrogens with zero attached hydrogens (tertiary/aromatic N) is 2. The lowest BCUT2D eigenvalue weighted by Crippen LogP contribution is -2.51. The number of benzene rings is 3. The number of oxime groups is 1. The molecule has 2 amide bonds. The lowest BCUT2D eigenvalue weighted by Gasteiger charge is -2.28. The third-order valence-corrected chi connectivity index (χ3v) is 6.23. The molecule has 3 N–H and O–H groups in total. The molecule has 8 nitrogen and oxygen atoms in total. The summed E-state index contributed by atoms with van der Waals surface area (Å²) in [6.07, 6.45) is -0.920. The summed E-state index contributed by atoms with van der Waals surface area (Å²) in [4.78, 5) is 33.0. The highest BCUT2D eigenvalue weighted by Gasteiger charge is 2.39. The topological polar surface area (TPSA) is 111 Å². The molecule has 0 spiro atoms. The first kappa shape index (κ1) is 25.1. The minimum atomic E-state index is -1.11. The zero-order valence-corrected chi connectivity index (χ0v) is 19.9. The van der Waals surface area contributed by atoms with E-state index < -0.39 is 30.7 Å². The largest absolute Gasteiger partial charge is 0.399 e. The van der Waals surface area contributed by atoms with Crippen molar-refractivity contribution in [2.75, 3.05) is 20.3 Å². The highest BCUT2D eigenvalue weighted by atomic mass is 16.6. The molecule has 4 rings (SSSR count).